The minimum Gasteiger partial charge on any atom is -0.0847 e. The first kappa shape index (κ1) is 16.2. The van der Waals surface area contributed by atoms with Gasteiger partial charge in [-0.05, 0) is 51.0 Å². The molecule has 1 aliphatic carbocycles. The average molecular weight is 234 g/mol. The third-order valence-corrected chi connectivity index (χ3v) is 3.51. The van der Waals surface area contributed by atoms with Gasteiger partial charge in [0.1, 0.15) is 0 Å². The maximum atomic E-state index is 2.36. The third kappa shape index (κ3) is 4.93. The van der Waals surface area contributed by atoms with Crippen molar-refractivity contribution in [3.63, 3.8) is 0 Å². The second kappa shape index (κ2) is 7.53. The highest BCUT2D eigenvalue weighted by atomic mass is 14.3. The lowest BCUT2D eigenvalue weighted by atomic mass is 9.72. The van der Waals surface area contributed by atoms with Crippen LogP contribution in [0.4, 0.5) is 0 Å². The molecule has 0 aromatic rings. The molecule has 17 heavy (non-hydrogen) atoms. The summed E-state index contributed by atoms with van der Waals surface area (Å²) in [6.45, 7) is 15.3. The molecule has 0 bridgehead atoms. The van der Waals surface area contributed by atoms with Crippen molar-refractivity contribution in [2.75, 3.05) is 0 Å². The predicted octanol–water partition coefficient (Wildman–Crippen LogP) is 6.06. The average Bonchev–Trinajstić information content (AvgIpc) is 2.30. The van der Waals surface area contributed by atoms with Crippen molar-refractivity contribution in [3.05, 3.63) is 34.9 Å². The van der Waals surface area contributed by atoms with E-state index in [1.54, 1.807) is 11.1 Å². The van der Waals surface area contributed by atoms with Gasteiger partial charge in [0.25, 0.3) is 0 Å². The Hall–Kier alpha value is -0.780. The van der Waals surface area contributed by atoms with E-state index in [-0.39, 0.29) is 0 Å². The van der Waals surface area contributed by atoms with Gasteiger partial charge in [-0.2, -0.15) is 0 Å². The molecule has 0 amide bonds. The smallest absolute Gasteiger partial charge is 0.0104 e. The van der Waals surface area contributed by atoms with E-state index in [1.165, 1.54) is 24.8 Å². The van der Waals surface area contributed by atoms with Crippen molar-refractivity contribution in [2.24, 2.45) is 5.41 Å². The lowest BCUT2D eigenvalue weighted by molar-refractivity contribution is 0.377. The van der Waals surface area contributed by atoms with Crippen LogP contribution in [0, 0.1) is 5.41 Å². The summed E-state index contributed by atoms with van der Waals surface area (Å²) >= 11 is 0. The zero-order valence-corrected chi connectivity index (χ0v) is 12.9. The van der Waals surface area contributed by atoms with E-state index in [1.807, 2.05) is 13.8 Å². The molecule has 0 saturated carbocycles. The SMILES string of the molecule is C/C=C(C)/C=C/C1=C(C)CCCC1(C)C.CC. The highest BCUT2D eigenvalue weighted by molar-refractivity contribution is 5.35. The van der Waals surface area contributed by atoms with Gasteiger partial charge >= 0.3 is 0 Å². The lowest BCUT2D eigenvalue weighted by Crippen LogP contribution is -2.19. The van der Waals surface area contributed by atoms with Crippen LogP contribution in [0.2, 0.25) is 0 Å². The molecule has 1 aliphatic rings. The number of rotatable bonds is 2. The molecular weight excluding hydrogens is 204 g/mol. The van der Waals surface area contributed by atoms with Gasteiger partial charge in [0.2, 0.25) is 0 Å². The zero-order valence-electron chi connectivity index (χ0n) is 12.9. The third-order valence-electron chi connectivity index (χ3n) is 3.51. The minimum atomic E-state index is 0.368. The molecule has 0 aromatic carbocycles. The monoisotopic (exact) mass is 234 g/mol. The van der Waals surface area contributed by atoms with Gasteiger partial charge in [0.05, 0.1) is 0 Å². The first-order valence-electron chi connectivity index (χ1n) is 6.98. The standard InChI is InChI=1S/C15H24.C2H6/c1-6-12(2)9-10-14-13(3)8-7-11-15(14,4)5;1-2/h6,9-10H,7-8,11H2,1-5H3;1-2H3/b10-9+,12-6+;. The summed E-state index contributed by atoms with van der Waals surface area (Å²) in [5.41, 5.74) is 4.84. The van der Waals surface area contributed by atoms with Gasteiger partial charge in [-0.25, -0.2) is 0 Å². The van der Waals surface area contributed by atoms with Crippen molar-refractivity contribution in [2.45, 2.75) is 67.7 Å². The number of hydrogen-bond acceptors (Lipinski definition) is 0. The van der Waals surface area contributed by atoms with E-state index in [9.17, 15) is 0 Å². The Bertz CT molecular complexity index is 311. The van der Waals surface area contributed by atoms with E-state index >= 15 is 0 Å². The van der Waals surface area contributed by atoms with Gasteiger partial charge in [0.15, 0.2) is 0 Å². The number of hydrogen-bond donors (Lipinski definition) is 0. The van der Waals surface area contributed by atoms with Crippen LogP contribution < -0.4 is 0 Å². The van der Waals surface area contributed by atoms with Crippen LogP contribution in [-0.4, -0.2) is 0 Å². The zero-order chi connectivity index (χ0) is 13.5. The van der Waals surface area contributed by atoms with Crippen LogP contribution in [0.1, 0.15) is 67.7 Å². The minimum absolute atomic E-state index is 0.368. The van der Waals surface area contributed by atoms with E-state index in [4.69, 9.17) is 0 Å². The largest absolute Gasteiger partial charge is 0.0847 e. The van der Waals surface area contributed by atoms with Gasteiger partial charge in [-0.3, -0.25) is 0 Å². The van der Waals surface area contributed by atoms with Crippen molar-refractivity contribution < 1.29 is 0 Å². The molecule has 0 saturated heterocycles. The molecule has 0 unspecified atom stereocenters. The Kier molecular flexibility index (Phi) is 7.18. The van der Waals surface area contributed by atoms with E-state index < -0.39 is 0 Å². The fourth-order valence-electron chi connectivity index (χ4n) is 2.32. The normalized spacial score (nSPS) is 20.3. The quantitative estimate of drug-likeness (QED) is 0.509. The van der Waals surface area contributed by atoms with Gasteiger partial charge in [0, 0.05) is 0 Å². The van der Waals surface area contributed by atoms with Gasteiger partial charge in [-0.15, -0.1) is 0 Å². The molecular formula is C17H30. The topological polar surface area (TPSA) is 0 Å². The molecule has 0 fully saturated rings. The fraction of sp³-hybridized carbons (Fsp3) is 0.647. The summed E-state index contributed by atoms with van der Waals surface area (Å²) in [5, 5.41) is 0. The number of allylic oxidation sites excluding steroid dienone is 6. The van der Waals surface area contributed by atoms with Crippen molar-refractivity contribution in [1.82, 2.24) is 0 Å². The molecule has 1 rings (SSSR count). The first-order valence-corrected chi connectivity index (χ1v) is 6.98. The maximum absolute atomic E-state index is 2.36. The molecule has 0 N–H and O–H groups in total. The molecule has 0 aromatic heterocycles. The second-order valence-corrected chi connectivity index (χ2v) is 5.30. The highest BCUT2D eigenvalue weighted by Gasteiger charge is 2.26. The van der Waals surface area contributed by atoms with E-state index in [0.717, 1.165) is 0 Å². The van der Waals surface area contributed by atoms with Gasteiger partial charge < -0.3 is 0 Å². The molecule has 0 radical (unpaired) electrons. The summed E-state index contributed by atoms with van der Waals surface area (Å²) < 4.78 is 0. The first-order chi connectivity index (χ1) is 7.97. The van der Waals surface area contributed by atoms with Crippen molar-refractivity contribution in [3.8, 4) is 0 Å². The lowest BCUT2D eigenvalue weighted by Gasteiger charge is -2.32. The summed E-state index contributed by atoms with van der Waals surface area (Å²) in [5.74, 6) is 0. The van der Waals surface area contributed by atoms with E-state index in [0.29, 0.717) is 5.41 Å². The summed E-state index contributed by atoms with van der Waals surface area (Å²) in [6, 6.07) is 0. The molecule has 0 spiro atoms. The van der Waals surface area contributed by atoms with Crippen LogP contribution in [-0.2, 0) is 0 Å². The van der Waals surface area contributed by atoms with Crippen molar-refractivity contribution in [1.29, 1.82) is 0 Å². The Labute approximate surface area is 109 Å². The Balaban J connectivity index is 0.00000121. The van der Waals surface area contributed by atoms with Crippen LogP contribution in [0.15, 0.2) is 34.9 Å². The molecule has 0 atom stereocenters. The second-order valence-electron chi connectivity index (χ2n) is 5.30. The Morgan fingerprint density at radius 2 is 1.82 bits per heavy atom. The summed E-state index contributed by atoms with van der Waals surface area (Å²) in [6.07, 6.45) is 10.7. The Morgan fingerprint density at radius 3 is 2.29 bits per heavy atom. The predicted molar refractivity (Wildman–Crippen MR) is 80.3 cm³/mol. The van der Waals surface area contributed by atoms with E-state index in [2.05, 4.69) is 52.8 Å². The maximum Gasteiger partial charge on any atom is -0.0104 e. The summed E-state index contributed by atoms with van der Waals surface area (Å²) in [7, 11) is 0. The van der Waals surface area contributed by atoms with Crippen LogP contribution in [0.3, 0.4) is 0 Å². The molecule has 0 heteroatoms. The summed E-state index contributed by atoms with van der Waals surface area (Å²) in [4.78, 5) is 0. The molecule has 0 heterocycles. The fourth-order valence-corrected chi connectivity index (χ4v) is 2.32. The molecule has 98 valence electrons. The molecule has 0 nitrogen and oxygen atoms in total. The highest BCUT2D eigenvalue weighted by Crippen LogP contribution is 2.40. The van der Waals surface area contributed by atoms with Crippen molar-refractivity contribution >= 4 is 0 Å². The Morgan fingerprint density at radius 1 is 1.24 bits per heavy atom. The van der Waals surface area contributed by atoms with Crippen LogP contribution in [0.25, 0.3) is 0 Å². The van der Waals surface area contributed by atoms with Gasteiger partial charge in [-0.1, -0.05) is 57.1 Å². The van der Waals surface area contributed by atoms with Crippen LogP contribution >= 0.6 is 0 Å². The molecule has 0 aliphatic heterocycles. The van der Waals surface area contributed by atoms with Crippen LogP contribution in [0.5, 0.6) is 0 Å².